The summed E-state index contributed by atoms with van der Waals surface area (Å²) in [4.78, 5) is 2.55. The zero-order valence-electron chi connectivity index (χ0n) is 12.1. The van der Waals surface area contributed by atoms with Crippen molar-refractivity contribution < 1.29 is 4.39 Å². The van der Waals surface area contributed by atoms with Gasteiger partial charge in [-0.2, -0.15) is 0 Å². The van der Waals surface area contributed by atoms with E-state index in [1.54, 1.807) is 23.5 Å². The zero-order chi connectivity index (χ0) is 14.8. The fourth-order valence-electron chi connectivity index (χ4n) is 1.94. The van der Waals surface area contributed by atoms with Crippen molar-refractivity contribution in [3.05, 3.63) is 52.0 Å². The third-order valence-electron chi connectivity index (χ3n) is 3.13. The molecule has 0 radical (unpaired) electrons. The van der Waals surface area contributed by atoms with Gasteiger partial charge in [0.1, 0.15) is 5.82 Å². The molecule has 1 aromatic heterocycles. The van der Waals surface area contributed by atoms with Crippen molar-refractivity contribution in [1.82, 2.24) is 0 Å². The van der Waals surface area contributed by atoms with E-state index in [1.807, 2.05) is 0 Å². The van der Waals surface area contributed by atoms with Gasteiger partial charge in [-0.25, -0.2) is 4.39 Å². The van der Waals surface area contributed by atoms with Crippen molar-refractivity contribution in [3.8, 4) is 0 Å². The van der Waals surface area contributed by atoms with Gasteiger partial charge in [0.2, 0.25) is 0 Å². The van der Waals surface area contributed by atoms with E-state index in [-0.39, 0.29) is 17.3 Å². The molecular formula is C16H21FN2S. The van der Waals surface area contributed by atoms with E-state index < -0.39 is 0 Å². The van der Waals surface area contributed by atoms with Crippen LogP contribution >= 0.6 is 11.3 Å². The van der Waals surface area contributed by atoms with E-state index in [9.17, 15) is 4.39 Å². The van der Waals surface area contributed by atoms with Crippen LogP contribution in [0.15, 0.2) is 36.4 Å². The van der Waals surface area contributed by atoms with Crippen LogP contribution in [0.25, 0.3) is 0 Å². The maximum Gasteiger partial charge on any atom is 0.123 e. The van der Waals surface area contributed by atoms with Gasteiger partial charge in [-0.15, -0.1) is 11.3 Å². The lowest BCUT2D eigenvalue weighted by Crippen LogP contribution is -2.19. The van der Waals surface area contributed by atoms with Gasteiger partial charge >= 0.3 is 0 Å². The number of nitrogens with one attached hydrogen (secondary N) is 1. The first kappa shape index (κ1) is 15.0. The molecule has 2 aromatic rings. The summed E-state index contributed by atoms with van der Waals surface area (Å²) in [6.45, 7) is 7.11. The molecule has 0 saturated heterocycles. The maximum atomic E-state index is 12.9. The molecule has 0 saturated carbocycles. The van der Waals surface area contributed by atoms with Crippen molar-refractivity contribution in [2.24, 2.45) is 5.73 Å². The predicted octanol–water partition coefficient (Wildman–Crippen LogP) is 4.30. The number of hydrogen-bond donors (Lipinski definition) is 2. The lowest BCUT2D eigenvalue weighted by Gasteiger charge is -2.18. The largest absolute Gasteiger partial charge is 0.376 e. The first-order valence-electron chi connectivity index (χ1n) is 6.72. The monoisotopic (exact) mass is 292 g/mol. The fourth-order valence-corrected chi connectivity index (χ4v) is 3.07. The highest BCUT2D eigenvalue weighted by Crippen LogP contribution is 2.33. The van der Waals surface area contributed by atoms with Gasteiger partial charge in [0, 0.05) is 22.0 Å². The van der Waals surface area contributed by atoms with Crippen molar-refractivity contribution in [3.63, 3.8) is 0 Å². The summed E-state index contributed by atoms with van der Waals surface area (Å²) in [6.07, 6.45) is 0. The average Bonchev–Trinajstić information content (AvgIpc) is 2.87. The van der Waals surface area contributed by atoms with Gasteiger partial charge in [-0.05, 0) is 41.8 Å². The molecule has 0 aliphatic carbocycles. The molecule has 3 N–H and O–H groups in total. The van der Waals surface area contributed by atoms with Crippen molar-refractivity contribution in [2.75, 3.05) is 11.9 Å². The molecule has 1 unspecified atom stereocenters. The van der Waals surface area contributed by atoms with Crippen LogP contribution in [0.3, 0.4) is 0 Å². The second kappa shape index (κ2) is 5.94. The fraction of sp³-hybridized carbons (Fsp3) is 0.375. The van der Waals surface area contributed by atoms with Gasteiger partial charge in [0.25, 0.3) is 0 Å². The molecule has 108 valence electrons. The van der Waals surface area contributed by atoms with E-state index >= 15 is 0 Å². The van der Waals surface area contributed by atoms with E-state index in [0.29, 0.717) is 6.54 Å². The van der Waals surface area contributed by atoms with Gasteiger partial charge < -0.3 is 11.1 Å². The van der Waals surface area contributed by atoms with Gasteiger partial charge in [-0.1, -0.05) is 20.8 Å². The number of rotatable bonds is 4. The standard InChI is InChI=1S/C16H21FN2S/c1-16(2,3)15-9-8-14(20-15)13(10-18)19-12-6-4-11(17)5-7-12/h4-9,13,19H,10,18H2,1-3H3. The second-order valence-corrected chi connectivity index (χ2v) is 7.01. The molecule has 0 bridgehead atoms. The van der Waals surface area contributed by atoms with Gasteiger partial charge in [-0.3, -0.25) is 0 Å². The van der Waals surface area contributed by atoms with E-state index in [2.05, 4.69) is 38.2 Å². The molecule has 2 rings (SSSR count). The number of nitrogens with two attached hydrogens (primary N) is 1. The normalized spacial score (nSPS) is 13.2. The molecule has 0 fully saturated rings. The Kier molecular flexibility index (Phi) is 4.45. The van der Waals surface area contributed by atoms with E-state index in [4.69, 9.17) is 5.73 Å². The number of benzene rings is 1. The van der Waals surface area contributed by atoms with Crippen LogP contribution in [0, 0.1) is 5.82 Å². The Labute approximate surface area is 123 Å². The minimum atomic E-state index is -0.231. The molecule has 1 heterocycles. The highest BCUT2D eigenvalue weighted by molar-refractivity contribution is 7.12. The summed E-state index contributed by atoms with van der Waals surface area (Å²) in [5.41, 5.74) is 6.90. The minimum Gasteiger partial charge on any atom is -0.376 e. The van der Waals surface area contributed by atoms with Gasteiger partial charge in [0.05, 0.1) is 6.04 Å². The van der Waals surface area contributed by atoms with E-state index in [0.717, 1.165) is 5.69 Å². The molecule has 4 heteroatoms. The lowest BCUT2D eigenvalue weighted by atomic mass is 9.95. The minimum absolute atomic E-state index is 0.0570. The Morgan fingerprint density at radius 3 is 2.30 bits per heavy atom. The van der Waals surface area contributed by atoms with Crippen LogP contribution in [-0.4, -0.2) is 6.54 Å². The summed E-state index contributed by atoms with van der Waals surface area (Å²) < 4.78 is 12.9. The van der Waals surface area contributed by atoms with Crippen LogP contribution in [0.2, 0.25) is 0 Å². The number of hydrogen-bond acceptors (Lipinski definition) is 3. The maximum absolute atomic E-state index is 12.9. The highest BCUT2D eigenvalue weighted by atomic mass is 32.1. The molecule has 20 heavy (non-hydrogen) atoms. The van der Waals surface area contributed by atoms with Crippen LogP contribution in [-0.2, 0) is 5.41 Å². The summed E-state index contributed by atoms with van der Waals surface area (Å²) in [6, 6.07) is 10.7. The summed E-state index contributed by atoms with van der Waals surface area (Å²) in [7, 11) is 0. The third kappa shape index (κ3) is 3.58. The second-order valence-electron chi connectivity index (χ2n) is 5.89. The molecule has 0 amide bonds. The smallest absolute Gasteiger partial charge is 0.123 e. The molecule has 0 spiro atoms. The molecule has 1 atom stereocenters. The Bertz CT molecular complexity index is 555. The molecule has 2 nitrogen and oxygen atoms in total. The van der Waals surface area contributed by atoms with Crippen LogP contribution in [0.4, 0.5) is 10.1 Å². The number of thiophene rings is 1. The quantitative estimate of drug-likeness (QED) is 0.882. The molecular weight excluding hydrogens is 271 g/mol. The van der Waals surface area contributed by atoms with Crippen molar-refractivity contribution in [2.45, 2.75) is 32.2 Å². The van der Waals surface area contributed by atoms with Gasteiger partial charge in [0.15, 0.2) is 0 Å². The van der Waals surface area contributed by atoms with Crippen LogP contribution in [0.5, 0.6) is 0 Å². The summed E-state index contributed by atoms with van der Waals surface area (Å²) in [5, 5.41) is 3.36. The SMILES string of the molecule is CC(C)(C)c1ccc(C(CN)Nc2ccc(F)cc2)s1. The zero-order valence-corrected chi connectivity index (χ0v) is 12.9. The summed E-state index contributed by atoms with van der Waals surface area (Å²) >= 11 is 1.78. The number of anilines is 1. The Morgan fingerprint density at radius 2 is 1.80 bits per heavy atom. The lowest BCUT2D eigenvalue weighted by molar-refractivity contribution is 0.604. The van der Waals surface area contributed by atoms with Crippen molar-refractivity contribution >= 4 is 17.0 Å². The molecule has 1 aromatic carbocycles. The topological polar surface area (TPSA) is 38.0 Å². The highest BCUT2D eigenvalue weighted by Gasteiger charge is 2.19. The molecule has 0 aliphatic heterocycles. The van der Waals surface area contributed by atoms with E-state index in [1.165, 1.54) is 21.9 Å². The van der Waals surface area contributed by atoms with Crippen molar-refractivity contribution in [1.29, 1.82) is 0 Å². The third-order valence-corrected chi connectivity index (χ3v) is 4.75. The first-order valence-corrected chi connectivity index (χ1v) is 7.54. The number of halogens is 1. The summed E-state index contributed by atoms with van der Waals surface area (Å²) in [5.74, 6) is -0.231. The molecule has 0 aliphatic rings. The Balaban J connectivity index is 2.16. The Hall–Kier alpha value is -1.39. The average molecular weight is 292 g/mol. The predicted molar refractivity (Wildman–Crippen MR) is 84.8 cm³/mol. The first-order chi connectivity index (χ1) is 9.40. The van der Waals surface area contributed by atoms with Crippen LogP contribution in [0.1, 0.15) is 36.6 Å². The van der Waals surface area contributed by atoms with Crippen LogP contribution < -0.4 is 11.1 Å². The Morgan fingerprint density at radius 1 is 1.15 bits per heavy atom.